The summed E-state index contributed by atoms with van der Waals surface area (Å²) in [7, 11) is 0. The van der Waals surface area contributed by atoms with Gasteiger partial charge in [0.15, 0.2) is 0 Å². The number of aromatic nitrogens is 2. The van der Waals surface area contributed by atoms with Crippen molar-refractivity contribution in [2.75, 3.05) is 0 Å². The second-order valence-electron chi connectivity index (χ2n) is 4.32. The zero-order valence-corrected chi connectivity index (χ0v) is 9.97. The van der Waals surface area contributed by atoms with Gasteiger partial charge >= 0.3 is 0 Å². The Labute approximate surface area is 104 Å². The van der Waals surface area contributed by atoms with E-state index in [0.717, 1.165) is 10.9 Å². The molecule has 18 heavy (non-hydrogen) atoms. The van der Waals surface area contributed by atoms with Gasteiger partial charge < -0.3 is 0 Å². The number of hydrogen-bond acceptors (Lipinski definition) is 2. The molecule has 1 aromatic heterocycles. The van der Waals surface area contributed by atoms with E-state index in [1.807, 2.05) is 30.3 Å². The molecule has 2 aromatic carbocycles. The first-order valence-corrected chi connectivity index (χ1v) is 5.79. The summed E-state index contributed by atoms with van der Waals surface area (Å²) < 4.78 is 0. The Morgan fingerprint density at radius 2 is 1.94 bits per heavy atom. The predicted molar refractivity (Wildman–Crippen MR) is 72.5 cm³/mol. The number of aryl methyl sites for hydroxylation is 1. The molecular weight excluding hydrogens is 224 g/mol. The second kappa shape index (κ2) is 4.11. The molecule has 0 radical (unpaired) electrons. The molecular formula is C15H12N2O. The molecule has 0 aliphatic heterocycles. The van der Waals surface area contributed by atoms with Crippen molar-refractivity contribution in [1.29, 1.82) is 0 Å². The lowest BCUT2D eigenvalue weighted by atomic mass is 9.99. The van der Waals surface area contributed by atoms with Crippen LogP contribution in [0.5, 0.6) is 0 Å². The van der Waals surface area contributed by atoms with Gasteiger partial charge in [0.05, 0.1) is 11.6 Å². The zero-order valence-electron chi connectivity index (χ0n) is 9.97. The smallest absolute Gasteiger partial charge is 0.267 e. The number of rotatable bonds is 1. The van der Waals surface area contributed by atoms with Crippen LogP contribution in [0.2, 0.25) is 0 Å². The number of hydrogen-bond donors (Lipinski definition) is 1. The van der Waals surface area contributed by atoms with Crippen LogP contribution in [-0.2, 0) is 0 Å². The predicted octanol–water partition coefficient (Wildman–Crippen LogP) is 2.90. The lowest BCUT2D eigenvalue weighted by Crippen LogP contribution is -2.07. The fourth-order valence-electron chi connectivity index (χ4n) is 2.16. The van der Waals surface area contributed by atoms with Crippen LogP contribution in [0.25, 0.3) is 21.9 Å². The van der Waals surface area contributed by atoms with Crippen molar-refractivity contribution < 1.29 is 0 Å². The van der Waals surface area contributed by atoms with Crippen molar-refractivity contribution >= 4 is 10.8 Å². The van der Waals surface area contributed by atoms with Gasteiger partial charge in [-0.05, 0) is 35.7 Å². The molecule has 0 atom stereocenters. The minimum atomic E-state index is -0.149. The number of benzene rings is 2. The summed E-state index contributed by atoms with van der Waals surface area (Å²) in [5.41, 5.74) is 3.35. The Morgan fingerprint density at radius 1 is 1.11 bits per heavy atom. The van der Waals surface area contributed by atoms with Crippen molar-refractivity contribution in [3.8, 4) is 11.1 Å². The van der Waals surface area contributed by atoms with E-state index in [0.29, 0.717) is 5.39 Å². The molecule has 0 aliphatic carbocycles. The molecule has 0 amide bonds. The molecule has 1 N–H and O–H groups in total. The highest BCUT2D eigenvalue weighted by Crippen LogP contribution is 2.25. The molecule has 0 spiro atoms. The van der Waals surface area contributed by atoms with E-state index in [1.54, 1.807) is 6.20 Å². The summed E-state index contributed by atoms with van der Waals surface area (Å²) in [5, 5.41) is 7.80. The van der Waals surface area contributed by atoms with Crippen molar-refractivity contribution in [3.05, 3.63) is 64.6 Å². The first-order valence-electron chi connectivity index (χ1n) is 5.79. The third-order valence-electron chi connectivity index (χ3n) is 3.12. The number of fused-ring (bicyclic) bond motifs is 1. The van der Waals surface area contributed by atoms with Gasteiger partial charge in [-0.25, -0.2) is 5.10 Å². The maximum Gasteiger partial charge on any atom is 0.272 e. The normalized spacial score (nSPS) is 10.7. The Balaban J connectivity index is 2.27. The SMILES string of the molecule is Cc1ccccc1-c1ccc2c(=O)[nH]ncc2c1. The lowest BCUT2D eigenvalue weighted by molar-refractivity contribution is 1.01. The zero-order chi connectivity index (χ0) is 12.5. The summed E-state index contributed by atoms with van der Waals surface area (Å²) in [4.78, 5) is 11.6. The van der Waals surface area contributed by atoms with Crippen LogP contribution < -0.4 is 5.56 Å². The molecule has 0 fully saturated rings. The van der Waals surface area contributed by atoms with Gasteiger partial charge in [0, 0.05) is 5.39 Å². The largest absolute Gasteiger partial charge is 0.272 e. The molecule has 3 rings (SSSR count). The number of nitrogens with one attached hydrogen (secondary N) is 1. The number of H-pyrrole nitrogens is 1. The summed E-state index contributed by atoms with van der Waals surface area (Å²) in [5.74, 6) is 0. The van der Waals surface area contributed by atoms with Crippen molar-refractivity contribution in [2.24, 2.45) is 0 Å². The molecule has 1 heterocycles. The van der Waals surface area contributed by atoms with Crippen molar-refractivity contribution in [2.45, 2.75) is 6.92 Å². The minimum Gasteiger partial charge on any atom is -0.267 e. The van der Waals surface area contributed by atoms with Crippen LogP contribution in [0.15, 0.2) is 53.5 Å². The summed E-state index contributed by atoms with van der Waals surface area (Å²) in [6.45, 7) is 2.08. The van der Waals surface area contributed by atoms with Gasteiger partial charge in [0.25, 0.3) is 5.56 Å². The summed E-state index contributed by atoms with van der Waals surface area (Å²) >= 11 is 0. The van der Waals surface area contributed by atoms with E-state index in [2.05, 4.69) is 29.3 Å². The third kappa shape index (κ3) is 1.70. The molecule has 0 unspecified atom stereocenters. The fraction of sp³-hybridized carbons (Fsp3) is 0.0667. The molecule has 3 aromatic rings. The Hall–Kier alpha value is -2.42. The van der Waals surface area contributed by atoms with E-state index in [4.69, 9.17) is 0 Å². The lowest BCUT2D eigenvalue weighted by Gasteiger charge is -2.06. The highest BCUT2D eigenvalue weighted by atomic mass is 16.1. The van der Waals surface area contributed by atoms with Crippen molar-refractivity contribution in [1.82, 2.24) is 10.2 Å². The molecule has 3 nitrogen and oxygen atoms in total. The maximum absolute atomic E-state index is 11.6. The van der Waals surface area contributed by atoms with Crippen LogP contribution in [0.1, 0.15) is 5.56 Å². The molecule has 88 valence electrons. The number of nitrogens with zero attached hydrogens (tertiary/aromatic N) is 1. The van der Waals surface area contributed by atoms with E-state index in [1.165, 1.54) is 11.1 Å². The highest BCUT2D eigenvalue weighted by molar-refractivity contribution is 5.86. The molecule has 0 saturated heterocycles. The first kappa shape index (κ1) is 10.7. The van der Waals surface area contributed by atoms with Crippen LogP contribution in [0.3, 0.4) is 0 Å². The quantitative estimate of drug-likeness (QED) is 0.706. The summed E-state index contributed by atoms with van der Waals surface area (Å²) in [6, 6.07) is 14.0. The average Bonchev–Trinajstić information content (AvgIpc) is 2.39. The van der Waals surface area contributed by atoms with Crippen LogP contribution >= 0.6 is 0 Å². The number of aromatic amines is 1. The molecule has 0 aliphatic rings. The fourth-order valence-corrected chi connectivity index (χ4v) is 2.16. The van der Waals surface area contributed by atoms with Gasteiger partial charge in [0.1, 0.15) is 0 Å². The standard InChI is InChI=1S/C15H12N2O/c1-10-4-2-3-5-13(10)11-6-7-14-12(8-11)9-16-17-15(14)18/h2-9H,1H3,(H,17,18). The van der Waals surface area contributed by atoms with Gasteiger partial charge in [-0.3, -0.25) is 4.79 Å². The van der Waals surface area contributed by atoms with Crippen molar-refractivity contribution in [3.63, 3.8) is 0 Å². The second-order valence-corrected chi connectivity index (χ2v) is 4.32. The van der Waals surface area contributed by atoms with E-state index < -0.39 is 0 Å². The monoisotopic (exact) mass is 236 g/mol. The van der Waals surface area contributed by atoms with E-state index in [9.17, 15) is 4.79 Å². The highest BCUT2D eigenvalue weighted by Gasteiger charge is 2.04. The van der Waals surface area contributed by atoms with Gasteiger partial charge in [-0.1, -0.05) is 30.3 Å². The van der Waals surface area contributed by atoms with E-state index in [-0.39, 0.29) is 5.56 Å². The minimum absolute atomic E-state index is 0.149. The molecule has 3 heteroatoms. The Morgan fingerprint density at radius 3 is 2.78 bits per heavy atom. The topological polar surface area (TPSA) is 45.8 Å². The van der Waals surface area contributed by atoms with Crippen LogP contribution in [0, 0.1) is 6.92 Å². The third-order valence-corrected chi connectivity index (χ3v) is 3.12. The van der Waals surface area contributed by atoms with Gasteiger partial charge in [-0.15, -0.1) is 0 Å². The molecule has 0 saturated carbocycles. The first-order chi connectivity index (χ1) is 8.75. The summed E-state index contributed by atoms with van der Waals surface area (Å²) in [6.07, 6.45) is 1.68. The Bertz CT molecular complexity index is 775. The van der Waals surface area contributed by atoms with Crippen LogP contribution in [-0.4, -0.2) is 10.2 Å². The maximum atomic E-state index is 11.6. The molecule has 0 bridgehead atoms. The van der Waals surface area contributed by atoms with Gasteiger partial charge in [-0.2, -0.15) is 5.10 Å². The van der Waals surface area contributed by atoms with E-state index >= 15 is 0 Å². The van der Waals surface area contributed by atoms with Gasteiger partial charge in [0.2, 0.25) is 0 Å². The van der Waals surface area contributed by atoms with Crippen LogP contribution in [0.4, 0.5) is 0 Å². The Kier molecular flexibility index (Phi) is 2.45. The average molecular weight is 236 g/mol.